The molecular formula is C14H19BO5. The minimum Gasteiger partial charge on any atom is -0.490 e. The first-order valence-corrected chi connectivity index (χ1v) is 7.01. The zero-order chi connectivity index (χ0) is 14.0. The van der Waals surface area contributed by atoms with Crippen LogP contribution in [-0.2, 0) is 9.47 Å². The lowest BCUT2D eigenvalue weighted by molar-refractivity contribution is -0.112. The molecular weight excluding hydrogens is 259 g/mol. The van der Waals surface area contributed by atoms with Crippen molar-refractivity contribution < 1.29 is 24.3 Å². The molecule has 2 aliphatic rings. The second-order valence-corrected chi connectivity index (χ2v) is 5.51. The molecule has 3 rings (SSSR count). The van der Waals surface area contributed by atoms with E-state index in [0.29, 0.717) is 18.7 Å². The molecule has 108 valence electrons. The molecule has 20 heavy (non-hydrogen) atoms. The third-order valence-corrected chi connectivity index (χ3v) is 4.00. The Morgan fingerprint density at radius 1 is 1.20 bits per heavy atom. The molecule has 2 saturated heterocycles. The number of rotatable bonds is 3. The van der Waals surface area contributed by atoms with Crippen LogP contribution in [0.3, 0.4) is 0 Å². The van der Waals surface area contributed by atoms with Crippen LogP contribution in [0.4, 0.5) is 0 Å². The van der Waals surface area contributed by atoms with E-state index in [-0.39, 0.29) is 11.7 Å². The normalized spacial score (nSPS) is 29.6. The van der Waals surface area contributed by atoms with Crippen LogP contribution in [-0.4, -0.2) is 48.7 Å². The monoisotopic (exact) mass is 278 g/mol. The molecule has 0 aliphatic carbocycles. The summed E-state index contributed by atoms with van der Waals surface area (Å²) in [5.41, 5.74) is 0.300. The van der Waals surface area contributed by atoms with Gasteiger partial charge in [-0.25, -0.2) is 0 Å². The maximum Gasteiger partial charge on any atom is 0.488 e. The fourth-order valence-corrected chi connectivity index (χ4v) is 2.86. The Morgan fingerprint density at radius 2 is 2.00 bits per heavy atom. The van der Waals surface area contributed by atoms with Gasteiger partial charge < -0.3 is 24.3 Å². The molecule has 2 fully saturated rings. The van der Waals surface area contributed by atoms with E-state index >= 15 is 0 Å². The van der Waals surface area contributed by atoms with Gasteiger partial charge in [-0.3, -0.25) is 0 Å². The van der Waals surface area contributed by atoms with E-state index in [0.717, 1.165) is 31.6 Å². The molecule has 2 unspecified atom stereocenters. The molecule has 0 radical (unpaired) electrons. The molecule has 0 amide bonds. The van der Waals surface area contributed by atoms with Gasteiger partial charge in [0.05, 0.1) is 18.8 Å². The third kappa shape index (κ3) is 2.98. The first-order chi connectivity index (χ1) is 9.67. The molecule has 2 atom stereocenters. The summed E-state index contributed by atoms with van der Waals surface area (Å²) in [6.07, 6.45) is 2.77. The highest BCUT2D eigenvalue weighted by Crippen LogP contribution is 2.34. The first kappa shape index (κ1) is 13.9. The van der Waals surface area contributed by atoms with Crippen LogP contribution >= 0.6 is 0 Å². The largest absolute Gasteiger partial charge is 0.490 e. The smallest absolute Gasteiger partial charge is 0.488 e. The number of hydrogen-bond donors (Lipinski definition) is 2. The van der Waals surface area contributed by atoms with Crippen LogP contribution in [0.2, 0.25) is 0 Å². The summed E-state index contributed by atoms with van der Waals surface area (Å²) in [4.78, 5) is 0. The lowest BCUT2D eigenvalue weighted by atomic mass is 9.80. The molecule has 0 saturated carbocycles. The van der Waals surface area contributed by atoms with Crippen molar-refractivity contribution in [2.75, 3.05) is 19.8 Å². The molecule has 0 bridgehead atoms. The van der Waals surface area contributed by atoms with Crippen LogP contribution < -0.4 is 10.2 Å². The van der Waals surface area contributed by atoms with E-state index in [1.165, 1.54) is 0 Å². The lowest BCUT2D eigenvalue weighted by Gasteiger charge is -2.37. The summed E-state index contributed by atoms with van der Waals surface area (Å²) in [5.74, 6) is 0.746. The third-order valence-electron chi connectivity index (χ3n) is 4.00. The predicted octanol–water partition coefficient (Wildman–Crippen LogP) is 0.0833. The van der Waals surface area contributed by atoms with Crippen molar-refractivity contribution in [1.82, 2.24) is 0 Å². The average Bonchev–Trinajstić information content (AvgIpc) is 2.87. The van der Waals surface area contributed by atoms with Crippen molar-refractivity contribution >= 4 is 12.6 Å². The summed E-state index contributed by atoms with van der Waals surface area (Å²) in [6, 6.07) is 6.85. The highest BCUT2D eigenvalue weighted by molar-refractivity contribution is 6.58. The van der Waals surface area contributed by atoms with Gasteiger partial charge in [0.1, 0.15) is 11.9 Å². The molecule has 2 heterocycles. The van der Waals surface area contributed by atoms with Crippen molar-refractivity contribution in [3.05, 3.63) is 24.3 Å². The summed E-state index contributed by atoms with van der Waals surface area (Å²) in [7, 11) is -1.44. The average molecular weight is 278 g/mol. The molecule has 0 aromatic heterocycles. The van der Waals surface area contributed by atoms with Crippen molar-refractivity contribution in [1.29, 1.82) is 0 Å². The van der Waals surface area contributed by atoms with Gasteiger partial charge >= 0.3 is 7.12 Å². The van der Waals surface area contributed by atoms with E-state index in [9.17, 15) is 0 Å². The highest BCUT2D eigenvalue weighted by Gasteiger charge is 2.41. The highest BCUT2D eigenvalue weighted by atomic mass is 16.6. The zero-order valence-electron chi connectivity index (χ0n) is 11.3. The summed E-state index contributed by atoms with van der Waals surface area (Å²) >= 11 is 0. The van der Waals surface area contributed by atoms with E-state index in [2.05, 4.69) is 0 Å². The molecule has 2 N–H and O–H groups in total. The fraction of sp³-hybridized carbons (Fsp3) is 0.571. The van der Waals surface area contributed by atoms with Gasteiger partial charge in [-0.15, -0.1) is 0 Å². The molecule has 5 nitrogen and oxygen atoms in total. The Morgan fingerprint density at radius 3 is 2.65 bits per heavy atom. The molecule has 2 aliphatic heterocycles. The minimum atomic E-state index is -1.44. The maximum absolute atomic E-state index is 9.06. The van der Waals surface area contributed by atoms with Gasteiger partial charge in [0.25, 0.3) is 0 Å². The minimum absolute atomic E-state index is 0.121. The van der Waals surface area contributed by atoms with Crippen LogP contribution in [0, 0.1) is 0 Å². The topological polar surface area (TPSA) is 68.2 Å². The van der Waals surface area contributed by atoms with Crippen molar-refractivity contribution in [3.8, 4) is 5.75 Å². The number of benzene rings is 1. The SMILES string of the molecule is OB(O)c1ccc(OC2CCOC3(CCOC3)C2)cc1. The van der Waals surface area contributed by atoms with Gasteiger partial charge in [-0.1, -0.05) is 12.1 Å². The molecule has 1 aromatic rings. The fourth-order valence-electron chi connectivity index (χ4n) is 2.86. The second kappa shape index (κ2) is 5.73. The number of hydrogen-bond acceptors (Lipinski definition) is 5. The Labute approximate surface area is 118 Å². The zero-order valence-corrected chi connectivity index (χ0v) is 11.3. The Balaban J connectivity index is 1.62. The molecule has 6 heteroatoms. The standard InChI is InChI=1S/C14H19BO5/c16-15(17)11-1-3-12(4-2-11)20-13-5-7-19-14(9-13)6-8-18-10-14/h1-4,13,16-17H,5-10H2. The summed E-state index contributed by atoms with van der Waals surface area (Å²) in [6.45, 7) is 2.11. The van der Waals surface area contributed by atoms with Gasteiger partial charge in [0, 0.05) is 25.9 Å². The quantitative estimate of drug-likeness (QED) is 0.767. The molecule has 1 aromatic carbocycles. The van der Waals surface area contributed by atoms with E-state index in [1.54, 1.807) is 24.3 Å². The van der Waals surface area contributed by atoms with Crippen LogP contribution in [0.25, 0.3) is 0 Å². The predicted molar refractivity (Wildman–Crippen MR) is 74.0 cm³/mol. The van der Waals surface area contributed by atoms with E-state index in [1.807, 2.05) is 0 Å². The second-order valence-electron chi connectivity index (χ2n) is 5.51. The van der Waals surface area contributed by atoms with Gasteiger partial charge in [0.15, 0.2) is 0 Å². The number of ether oxygens (including phenoxy) is 3. The summed E-state index contributed by atoms with van der Waals surface area (Å²) in [5, 5.41) is 18.1. The Kier molecular flexibility index (Phi) is 3.98. The van der Waals surface area contributed by atoms with Crippen molar-refractivity contribution in [3.63, 3.8) is 0 Å². The maximum atomic E-state index is 9.06. The molecule has 1 spiro atoms. The summed E-state index contributed by atoms with van der Waals surface area (Å²) < 4.78 is 17.3. The van der Waals surface area contributed by atoms with Crippen LogP contribution in [0.15, 0.2) is 24.3 Å². The van der Waals surface area contributed by atoms with Crippen LogP contribution in [0.5, 0.6) is 5.75 Å². The Hall–Kier alpha value is -1.08. The van der Waals surface area contributed by atoms with Crippen molar-refractivity contribution in [2.24, 2.45) is 0 Å². The van der Waals surface area contributed by atoms with Crippen LogP contribution in [0.1, 0.15) is 19.3 Å². The van der Waals surface area contributed by atoms with E-state index in [4.69, 9.17) is 24.3 Å². The van der Waals surface area contributed by atoms with Crippen molar-refractivity contribution in [2.45, 2.75) is 31.0 Å². The Bertz CT molecular complexity index is 441. The van der Waals surface area contributed by atoms with E-state index < -0.39 is 7.12 Å². The lowest BCUT2D eigenvalue weighted by Crippen LogP contribution is -2.44. The van der Waals surface area contributed by atoms with Gasteiger partial charge in [-0.05, 0) is 17.6 Å². The van der Waals surface area contributed by atoms with Gasteiger partial charge in [0.2, 0.25) is 0 Å². The van der Waals surface area contributed by atoms with Gasteiger partial charge in [-0.2, -0.15) is 0 Å². The first-order valence-electron chi connectivity index (χ1n) is 7.01.